The largest absolute Gasteiger partial charge is 0.398 e. The van der Waals surface area contributed by atoms with Crippen molar-refractivity contribution in [2.24, 2.45) is 0 Å². The summed E-state index contributed by atoms with van der Waals surface area (Å²) in [4.78, 5) is 40.5. The second kappa shape index (κ2) is 11.7. The van der Waals surface area contributed by atoms with Crippen LogP contribution in [0.4, 0.5) is 22.9 Å². The van der Waals surface area contributed by atoms with Crippen LogP contribution in [0.5, 0.6) is 0 Å². The van der Waals surface area contributed by atoms with Crippen molar-refractivity contribution < 1.29 is 14.7 Å². The molecule has 2 aromatic heterocycles. The van der Waals surface area contributed by atoms with Gasteiger partial charge < -0.3 is 36.3 Å². The molecule has 0 bridgehead atoms. The third-order valence-corrected chi connectivity index (χ3v) is 8.51. The van der Waals surface area contributed by atoms with Crippen LogP contribution in [-0.4, -0.2) is 81.5 Å². The van der Waals surface area contributed by atoms with Gasteiger partial charge in [-0.3, -0.25) is 20.0 Å². The molecule has 2 unspecified atom stereocenters. The van der Waals surface area contributed by atoms with Gasteiger partial charge in [0.2, 0.25) is 5.91 Å². The first kappa shape index (κ1) is 30.6. The Bertz CT molecular complexity index is 1740. The van der Waals surface area contributed by atoms with E-state index in [1.54, 1.807) is 43.3 Å². The fraction of sp³-hybridized carbons (Fsp3) is 0.290. The molecule has 1 saturated heterocycles. The average Bonchev–Trinajstić information content (AvgIpc) is 3.09. The summed E-state index contributed by atoms with van der Waals surface area (Å²) >= 11 is 7.15. The van der Waals surface area contributed by atoms with E-state index in [1.165, 1.54) is 15.9 Å². The van der Waals surface area contributed by atoms with Crippen LogP contribution in [0.3, 0.4) is 0 Å². The Morgan fingerprint density at radius 3 is 2.64 bits per heavy atom. The zero-order valence-electron chi connectivity index (χ0n) is 24.9. The van der Waals surface area contributed by atoms with Gasteiger partial charge >= 0.3 is 0 Å². The lowest BCUT2D eigenvalue weighted by Gasteiger charge is -2.40. The number of aryl methyl sites for hydroxylation is 2. The number of fused-ring (bicyclic) bond motifs is 2. The molecule has 1 fully saturated rings. The standard InChI is InChI=1S/C31H34ClN9O3/c1-6-21(43)40-11-12-41-20(14-40)31(44)39(5)28-23(29(41)35)30(37-25-16(3)9-10-36-26(25)17(4)42)38-27(24(28)32)22-15(2)7-8-19(34)18(22)13-33/h6-10,13,17,20,33,35,42H,1,11-12,14,34H2,2-5H3,(H,37,38). The summed E-state index contributed by atoms with van der Waals surface area (Å²) in [5, 5.41) is 31.5. The topological polar surface area (TPSA) is 176 Å². The number of benzene rings is 1. The third kappa shape index (κ3) is 4.95. The summed E-state index contributed by atoms with van der Waals surface area (Å²) in [6, 6.07) is 4.42. The molecule has 0 aliphatic carbocycles. The number of hydrogen-bond donors (Lipinski definition) is 5. The number of nitrogens with zero attached hydrogens (tertiary/aromatic N) is 5. The van der Waals surface area contributed by atoms with Crippen molar-refractivity contribution in [3.63, 3.8) is 0 Å². The molecular formula is C31H34ClN9O3. The number of aliphatic hydroxyl groups is 1. The van der Waals surface area contributed by atoms with E-state index in [4.69, 9.17) is 27.7 Å². The van der Waals surface area contributed by atoms with E-state index >= 15 is 0 Å². The number of nitrogens with one attached hydrogen (secondary N) is 3. The Kier molecular flexibility index (Phi) is 8.15. The molecule has 44 heavy (non-hydrogen) atoms. The monoisotopic (exact) mass is 615 g/mol. The minimum absolute atomic E-state index is 0.00596. The number of piperazine rings is 1. The number of anilines is 4. The van der Waals surface area contributed by atoms with Crippen molar-refractivity contribution in [2.45, 2.75) is 32.9 Å². The second-order valence-electron chi connectivity index (χ2n) is 10.9. The molecule has 3 aromatic rings. The summed E-state index contributed by atoms with van der Waals surface area (Å²) in [7, 11) is 1.58. The number of carbonyl (C=O) groups excluding carboxylic acids is 2. The van der Waals surface area contributed by atoms with Crippen LogP contribution in [0, 0.1) is 24.7 Å². The zero-order valence-corrected chi connectivity index (χ0v) is 25.7. The first-order valence-electron chi connectivity index (χ1n) is 14.0. The number of pyridine rings is 2. The number of rotatable bonds is 6. The summed E-state index contributed by atoms with van der Waals surface area (Å²) in [6.07, 6.45) is 3.01. The maximum absolute atomic E-state index is 14.1. The first-order valence-corrected chi connectivity index (χ1v) is 14.4. The van der Waals surface area contributed by atoms with E-state index in [2.05, 4.69) is 16.9 Å². The number of amidine groups is 1. The summed E-state index contributed by atoms with van der Waals surface area (Å²) in [6.45, 7) is 9.44. The molecule has 228 valence electrons. The quantitative estimate of drug-likeness (QED) is 0.158. The maximum atomic E-state index is 14.1. The molecule has 6 N–H and O–H groups in total. The van der Waals surface area contributed by atoms with Gasteiger partial charge in [0.05, 0.1) is 46.0 Å². The Labute approximate surface area is 260 Å². The van der Waals surface area contributed by atoms with E-state index in [1.807, 2.05) is 13.8 Å². The molecular weight excluding hydrogens is 582 g/mol. The number of halogens is 1. The van der Waals surface area contributed by atoms with Crippen LogP contribution in [-0.2, 0) is 9.59 Å². The SMILES string of the molecule is C=CC(=O)N1CCN2C(=N)c3c(Nc4c(C)ccnc4C(C)O)nc(-c4c(C)ccc(N)c4C=N)c(Cl)c3N(C)C(=O)C2C1. The number of likely N-dealkylation sites (N-methyl/N-ethyl adjacent to an activating group) is 1. The molecule has 12 nitrogen and oxygen atoms in total. The fourth-order valence-electron chi connectivity index (χ4n) is 5.81. The number of amides is 2. The van der Waals surface area contributed by atoms with E-state index < -0.39 is 12.1 Å². The summed E-state index contributed by atoms with van der Waals surface area (Å²) in [5.41, 5.74) is 10.7. The number of nitrogens with two attached hydrogens (primary N) is 1. The van der Waals surface area contributed by atoms with Gasteiger partial charge in [-0.2, -0.15) is 0 Å². The Morgan fingerprint density at radius 1 is 1.25 bits per heavy atom. The van der Waals surface area contributed by atoms with Crippen molar-refractivity contribution in [2.75, 3.05) is 42.6 Å². The molecule has 2 aliphatic rings. The zero-order chi connectivity index (χ0) is 32.0. The Balaban J connectivity index is 1.82. The van der Waals surface area contributed by atoms with E-state index in [-0.39, 0.29) is 65.1 Å². The number of nitrogen functional groups attached to an aromatic ring is 1. The third-order valence-electron chi connectivity index (χ3n) is 8.15. The van der Waals surface area contributed by atoms with Crippen LogP contribution in [0.1, 0.15) is 41.0 Å². The highest BCUT2D eigenvalue weighted by molar-refractivity contribution is 6.38. The van der Waals surface area contributed by atoms with Gasteiger partial charge in [-0.1, -0.05) is 24.2 Å². The van der Waals surface area contributed by atoms with Crippen LogP contribution in [0.25, 0.3) is 11.3 Å². The van der Waals surface area contributed by atoms with Gasteiger partial charge in [-0.05, 0) is 50.1 Å². The predicted octanol–water partition coefficient (Wildman–Crippen LogP) is 3.79. The first-order chi connectivity index (χ1) is 20.9. The minimum Gasteiger partial charge on any atom is -0.398 e. The molecule has 0 radical (unpaired) electrons. The van der Waals surface area contributed by atoms with Gasteiger partial charge in [0.1, 0.15) is 17.7 Å². The number of hydrogen-bond acceptors (Lipinski definition) is 9. The lowest BCUT2D eigenvalue weighted by atomic mass is 9.96. The van der Waals surface area contributed by atoms with E-state index in [9.17, 15) is 20.1 Å². The van der Waals surface area contributed by atoms with E-state index in [0.717, 1.165) is 17.3 Å². The van der Waals surface area contributed by atoms with Crippen molar-refractivity contribution in [3.8, 4) is 11.3 Å². The summed E-state index contributed by atoms with van der Waals surface area (Å²) in [5.74, 6) is -0.468. The highest BCUT2D eigenvalue weighted by Crippen LogP contribution is 2.46. The smallest absolute Gasteiger partial charge is 0.251 e. The molecule has 0 saturated carbocycles. The van der Waals surface area contributed by atoms with Crippen molar-refractivity contribution in [1.29, 1.82) is 10.8 Å². The molecule has 5 rings (SSSR count). The number of aromatic nitrogens is 2. The van der Waals surface area contributed by atoms with Crippen molar-refractivity contribution in [3.05, 3.63) is 70.0 Å². The normalized spacial score (nSPS) is 17.0. The van der Waals surface area contributed by atoms with Gasteiger partial charge in [0, 0.05) is 49.4 Å². The minimum atomic E-state index is -0.924. The lowest BCUT2D eigenvalue weighted by molar-refractivity contribution is -0.131. The molecule has 13 heteroatoms. The Morgan fingerprint density at radius 2 is 1.98 bits per heavy atom. The fourth-order valence-corrected chi connectivity index (χ4v) is 6.16. The molecule has 2 aliphatic heterocycles. The highest BCUT2D eigenvalue weighted by Gasteiger charge is 2.43. The van der Waals surface area contributed by atoms with Gasteiger partial charge in [0.15, 0.2) is 0 Å². The van der Waals surface area contributed by atoms with Crippen LogP contribution in [0.2, 0.25) is 5.02 Å². The van der Waals surface area contributed by atoms with Crippen molar-refractivity contribution in [1.82, 2.24) is 19.8 Å². The van der Waals surface area contributed by atoms with Crippen LogP contribution < -0.4 is 16.0 Å². The van der Waals surface area contributed by atoms with Gasteiger partial charge in [-0.25, -0.2) is 4.98 Å². The summed E-state index contributed by atoms with van der Waals surface area (Å²) < 4.78 is 0. The average molecular weight is 616 g/mol. The second-order valence-corrected chi connectivity index (χ2v) is 11.3. The predicted molar refractivity (Wildman–Crippen MR) is 172 cm³/mol. The van der Waals surface area contributed by atoms with Crippen LogP contribution >= 0.6 is 11.6 Å². The molecule has 0 spiro atoms. The van der Waals surface area contributed by atoms with Crippen molar-refractivity contribution >= 4 is 58.3 Å². The van der Waals surface area contributed by atoms with E-state index in [0.29, 0.717) is 28.2 Å². The maximum Gasteiger partial charge on any atom is 0.251 e. The lowest BCUT2D eigenvalue weighted by Crippen LogP contribution is -2.60. The van der Waals surface area contributed by atoms with Crippen LogP contribution in [0.15, 0.2) is 37.1 Å². The van der Waals surface area contributed by atoms with Gasteiger partial charge in [0.25, 0.3) is 5.91 Å². The Hall–Kier alpha value is -4.81. The highest BCUT2D eigenvalue weighted by atomic mass is 35.5. The number of carbonyl (C=O) groups is 2. The number of aliphatic hydroxyl groups excluding tert-OH is 1. The molecule has 2 atom stereocenters. The molecule has 1 aromatic carbocycles. The molecule has 2 amide bonds. The molecule has 4 heterocycles. The van der Waals surface area contributed by atoms with Gasteiger partial charge in [-0.15, -0.1) is 0 Å².